The molecule has 0 radical (unpaired) electrons. The van der Waals surface area contributed by atoms with Gasteiger partial charge in [0.05, 0.1) is 11.1 Å². The highest BCUT2D eigenvalue weighted by molar-refractivity contribution is 6.11. The summed E-state index contributed by atoms with van der Waals surface area (Å²) in [7, 11) is 0. The van der Waals surface area contributed by atoms with Gasteiger partial charge in [0, 0.05) is 19.3 Å². The van der Waals surface area contributed by atoms with Crippen molar-refractivity contribution in [1.82, 2.24) is 4.90 Å². The van der Waals surface area contributed by atoms with E-state index in [9.17, 15) is 4.79 Å². The molecule has 1 aromatic carbocycles. The summed E-state index contributed by atoms with van der Waals surface area (Å²) in [4.78, 5) is 14.5. The lowest BCUT2D eigenvalue weighted by Crippen LogP contribution is -2.24. The largest absolute Gasteiger partial charge is 0.488 e. The third-order valence-electron chi connectivity index (χ3n) is 3.21. The summed E-state index contributed by atoms with van der Waals surface area (Å²) in [5.74, 6) is 0.786. The molecule has 2 rings (SSSR count). The van der Waals surface area contributed by atoms with Crippen LogP contribution in [-0.2, 0) is 0 Å². The first-order valence-corrected chi connectivity index (χ1v) is 6.38. The Bertz CT molecular complexity index is 487. The van der Waals surface area contributed by atoms with Gasteiger partial charge in [-0.3, -0.25) is 4.79 Å². The number of carbonyl (C=O) groups excluding carboxylic acids is 1. The van der Waals surface area contributed by atoms with Crippen molar-refractivity contribution in [3.05, 3.63) is 41.1 Å². The van der Waals surface area contributed by atoms with Gasteiger partial charge in [0.25, 0.3) is 0 Å². The summed E-state index contributed by atoms with van der Waals surface area (Å²) < 4.78 is 5.64. The van der Waals surface area contributed by atoms with Crippen molar-refractivity contribution in [1.29, 1.82) is 0 Å². The van der Waals surface area contributed by atoms with E-state index in [1.807, 2.05) is 31.3 Å². The maximum absolute atomic E-state index is 12.4. The first-order valence-electron chi connectivity index (χ1n) is 6.38. The normalized spacial score (nSPS) is 16.4. The predicted molar refractivity (Wildman–Crippen MR) is 72.0 cm³/mol. The third kappa shape index (κ3) is 2.40. The Balaban J connectivity index is 2.33. The lowest BCUT2D eigenvalue weighted by molar-refractivity contribution is 0.0996. The fraction of sp³-hybridized carbons (Fsp3) is 0.400. The minimum atomic E-state index is 0.0897. The standard InChI is InChI=1S/C15H19NO2/c1-4-16(5-2)9-12-10-18-14-7-6-11(3)8-13(14)15(12)17/h6-9H,4-5,10H2,1-3H3/b12-9+. The van der Waals surface area contributed by atoms with Gasteiger partial charge < -0.3 is 9.64 Å². The van der Waals surface area contributed by atoms with Gasteiger partial charge in [-0.1, -0.05) is 11.6 Å². The lowest BCUT2D eigenvalue weighted by Gasteiger charge is -2.22. The zero-order chi connectivity index (χ0) is 13.1. The number of hydrogen-bond acceptors (Lipinski definition) is 3. The highest BCUT2D eigenvalue weighted by Gasteiger charge is 2.23. The summed E-state index contributed by atoms with van der Waals surface area (Å²) >= 11 is 0. The number of benzene rings is 1. The molecule has 0 bridgehead atoms. The Labute approximate surface area is 108 Å². The van der Waals surface area contributed by atoms with Crippen molar-refractivity contribution in [2.75, 3.05) is 19.7 Å². The summed E-state index contributed by atoms with van der Waals surface area (Å²) in [5.41, 5.74) is 2.49. The molecule has 0 aromatic heterocycles. The second-order valence-corrected chi connectivity index (χ2v) is 4.49. The highest BCUT2D eigenvalue weighted by Crippen LogP contribution is 2.27. The molecule has 18 heavy (non-hydrogen) atoms. The zero-order valence-corrected chi connectivity index (χ0v) is 11.2. The van der Waals surface area contributed by atoms with Gasteiger partial charge in [-0.15, -0.1) is 0 Å². The van der Waals surface area contributed by atoms with Crippen LogP contribution < -0.4 is 4.74 Å². The average Bonchev–Trinajstić information content (AvgIpc) is 2.39. The molecule has 0 saturated carbocycles. The van der Waals surface area contributed by atoms with E-state index in [1.165, 1.54) is 0 Å². The molecule has 0 fully saturated rings. The van der Waals surface area contributed by atoms with Crippen LogP contribution in [0.2, 0.25) is 0 Å². The fourth-order valence-electron chi connectivity index (χ4n) is 2.06. The lowest BCUT2D eigenvalue weighted by atomic mass is 9.99. The zero-order valence-electron chi connectivity index (χ0n) is 11.2. The molecule has 0 saturated heterocycles. The van der Waals surface area contributed by atoms with Crippen molar-refractivity contribution in [3.8, 4) is 5.75 Å². The van der Waals surface area contributed by atoms with E-state index in [0.29, 0.717) is 17.9 Å². The Morgan fingerprint density at radius 3 is 2.72 bits per heavy atom. The van der Waals surface area contributed by atoms with Gasteiger partial charge in [-0.05, 0) is 32.9 Å². The second-order valence-electron chi connectivity index (χ2n) is 4.49. The van der Waals surface area contributed by atoms with Gasteiger partial charge in [-0.2, -0.15) is 0 Å². The monoisotopic (exact) mass is 245 g/mol. The molecule has 96 valence electrons. The third-order valence-corrected chi connectivity index (χ3v) is 3.21. The van der Waals surface area contributed by atoms with E-state index in [1.54, 1.807) is 0 Å². The van der Waals surface area contributed by atoms with Crippen LogP contribution in [0.3, 0.4) is 0 Å². The molecular weight excluding hydrogens is 226 g/mol. The summed E-state index contributed by atoms with van der Waals surface area (Å²) in [5, 5.41) is 0. The van der Waals surface area contributed by atoms with Crippen LogP contribution in [-0.4, -0.2) is 30.4 Å². The Morgan fingerprint density at radius 1 is 1.33 bits per heavy atom. The Morgan fingerprint density at radius 2 is 2.06 bits per heavy atom. The minimum Gasteiger partial charge on any atom is -0.488 e. The number of nitrogens with zero attached hydrogens (tertiary/aromatic N) is 1. The van der Waals surface area contributed by atoms with Crippen molar-refractivity contribution in [2.24, 2.45) is 0 Å². The van der Waals surface area contributed by atoms with Crippen LogP contribution in [0.4, 0.5) is 0 Å². The first kappa shape index (κ1) is 12.7. The van der Waals surface area contributed by atoms with E-state index in [4.69, 9.17) is 4.74 Å². The summed E-state index contributed by atoms with van der Waals surface area (Å²) in [6.07, 6.45) is 1.92. The number of rotatable bonds is 3. The number of fused-ring (bicyclic) bond motifs is 1. The smallest absolute Gasteiger partial charge is 0.197 e. The molecule has 3 nitrogen and oxygen atoms in total. The average molecular weight is 245 g/mol. The van der Waals surface area contributed by atoms with E-state index >= 15 is 0 Å². The van der Waals surface area contributed by atoms with Crippen LogP contribution in [0.15, 0.2) is 30.0 Å². The predicted octanol–water partition coefficient (Wildman–Crippen LogP) is 2.80. The van der Waals surface area contributed by atoms with Crippen LogP contribution in [0.1, 0.15) is 29.8 Å². The molecule has 0 aliphatic carbocycles. The number of ketones is 1. The number of hydrogen-bond donors (Lipinski definition) is 0. The maximum Gasteiger partial charge on any atom is 0.197 e. The van der Waals surface area contributed by atoms with Crippen molar-refractivity contribution >= 4 is 5.78 Å². The SMILES string of the molecule is CCN(/C=C1\COc2ccc(C)cc2C1=O)CC. The number of Topliss-reactive ketones (excluding diaryl/α,β-unsaturated/α-hetero) is 1. The van der Waals surface area contributed by atoms with Crippen LogP contribution >= 0.6 is 0 Å². The van der Waals surface area contributed by atoms with Crippen LogP contribution in [0.25, 0.3) is 0 Å². The van der Waals surface area contributed by atoms with Gasteiger partial charge in [0.15, 0.2) is 5.78 Å². The van der Waals surface area contributed by atoms with Crippen molar-refractivity contribution < 1.29 is 9.53 Å². The van der Waals surface area contributed by atoms with Crippen LogP contribution in [0.5, 0.6) is 5.75 Å². The fourth-order valence-corrected chi connectivity index (χ4v) is 2.06. The molecule has 0 spiro atoms. The maximum atomic E-state index is 12.4. The second kappa shape index (κ2) is 5.25. The number of aryl methyl sites for hydroxylation is 1. The molecule has 1 aliphatic heterocycles. The number of carbonyl (C=O) groups is 1. The van der Waals surface area contributed by atoms with Gasteiger partial charge in [0.2, 0.25) is 0 Å². The molecule has 0 unspecified atom stereocenters. The van der Waals surface area contributed by atoms with Crippen molar-refractivity contribution in [2.45, 2.75) is 20.8 Å². The van der Waals surface area contributed by atoms with E-state index in [2.05, 4.69) is 18.7 Å². The molecule has 0 amide bonds. The van der Waals surface area contributed by atoms with E-state index in [-0.39, 0.29) is 5.78 Å². The van der Waals surface area contributed by atoms with E-state index < -0.39 is 0 Å². The van der Waals surface area contributed by atoms with Crippen LogP contribution in [0, 0.1) is 6.92 Å². The molecular formula is C15H19NO2. The van der Waals surface area contributed by atoms with Gasteiger partial charge in [0.1, 0.15) is 12.4 Å². The van der Waals surface area contributed by atoms with E-state index in [0.717, 1.165) is 24.2 Å². The van der Waals surface area contributed by atoms with Gasteiger partial charge >= 0.3 is 0 Å². The highest BCUT2D eigenvalue weighted by atomic mass is 16.5. The Hall–Kier alpha value is -1.77. The Kier molecular flexibility index (Phi) is 3.70. The molecule has 0 atom stereocenters. The molecule has 1 heterocycles. The minimum absolute atomic E-state index is 0.0897. The topological polar surface area (TPSA) is 29.5 Å². The quantitative estimate of drug-likeness (QED) is 0.767. The summed E-state index contributed by atoms with van der Waals surface area (Å²) in [6.45, 7) is 8.29. The number of ether oxygens (including phenoxy) is 1. The van der Waals surface area contributed by atoms with Crippen molar-refractivity contribution in [3.63, 3.8) is 0 Å². The molecule has 3 heteroatoms. The van der Waals surface area contributed by atoms with Gasteiger partial charge in [-0.25, -0.2) is 0 Å². The summed E-state index contributed by atoms with van der Waals surface area (Å²) in [6, 6.07) is 5.73. The molecule has 1 aliphatic rings. The molecule has 1 aromatic rings. The first-order chi connectivity index (χ1) is 8.65. The molecule has 0 N–H and O–H groups in total.